The van der Waals surface area contributed by atoms with Crippen molar-refractivity contribution in [3.05, 3.63) is 95.6 Å². The number of hydrogen-bond donors (Lipinski definition) is 0. The van der Waals surface area contributed by atoms with E-state index < -0.39 is 6.10 Å². The number of nitriles is 1. The molecule has 0 saturated carbocycles. The van der Waals surface area contributed by atoms with Crippen molar-refractivity contribution in [2.75, 3.05) is 7.11 Å². The Morgan fingerprint density at radius 1 is 0.923 bits per heavy atom. The largest absolute Gasteiger partial charge is 0.493 e. The molecule has 0 aliphatic rings. The lowest BCUT2D eigenvalue weighted by atomic mass is 9.99. The topological polar surface area (TPSA) is 59.3 Å². The Kier molecular flexibility index (Phi) is 5.31. The van der Waals surface area contributed by atoms with Crippen LogP contribution in [-0.4, -0.2) is 12.9 Å². The van der Waals surface area contributed by atoms with Gasteiger partial charge in [0, 0.05) is 17.2 Å². The number of hydrogen-bond acceptors (Lipinski definition) is 4. The van der Waals surface area contributed by atoms with Crippen molar-refractivity contribution in [1.29, 1.82) is 5.26 Å². The van der Waals surface area contributed by atoms with Crippen molar-refractivity contribution in [2.45, 2.75) is 6.10 Å². The van der Waals surface area contributed by atoms with Gasteiger partial charge in [-0.2, -0.15) is 5.26 Å². The molecule has 0 N–H and O–H groups in total. The maximum Gasteiger partial charge on any atom is 0.207 e. The molecule has 3 aromatic rings. The molecule has 128 valence electrons. The number of ketones is 1. The van der Waals surface area contributed by atoms with Crippen molar-refractivity contribution in [3.8, 4) is 17.6 Å². The van der Waals surface area contributed by atoms with Gasteiger partial charge in [0.2, 0.25) is 5.78 Å². The molecule has 0 heterocycles. The molecule has 0 aromatic heterocycles. The van der Waals surface area contributed by atoms with Crippen LogP contribution < -0.4 is 9.47 Å². The van der Waals surface area contributed by atoms with E-state index in [1.54, 1.807) is 30.3 Å². The molecule has 0 radical (unpaired) electrons. The van der Waals surface area contributed by atoms with E-state index >= 15 is 0 Å². The highest BCUT2D eigenvalue weighted by molar-refractivity contribution is 6.00. The van der Waals surface area contributed by atoms with Crippen LogP contribution in [0.5, 0.6) is 11.5 Å². The van der Waals surface area contributed by atoms with Gasteiger partial charge in [-0.05, 0) is 12.1 Å². The molecule has 3 aromatic carbocycles. The fourth-order valence-corrected chi connectivity index (χ4v) is 2.62. The second-order valence-corrected chi connectivity index (χ2v) is 5.62. The summed E-state index contributed by atoms with van der Waals surface area (Å²) in [6, 6.07) is 25.2. The number of methoxy groups -OCH3 is 1. The van der Waals surface area contributed by atoms with Crippen molar-refractivity contribution >= 4 is 5.78 Å². The standard InChI is InChI=1S/C22H17NO3/c1-25-20-14-16(15-23)12-13-19(20)26-22(18-10-6-3-7-11-18)21(24)17-8-4-2-5-9-17/h2-14,22H,1H3/t22-/m1/s1. The Bertz CT molecular complexity index is 931. The zero-order chi connectivity index (χ0) is 18.4. The molecule has 0 unspecified atom stereocenters. The summed E-state index contributed by atoms with van der Waals surface area (Å²) in [7, 11) is 1.50. The Morgan fingerprint density at radius 2 is 1.58 bits per heavy atom. The normalized spacial score (nSPS) is 11.2. The molecule has 26 heavy (non-hydrogen) atoms. The summed E-state index contributed by atoms with van der Waals surface area (Å²) in [6.07, 6.45) is -0.819. The fraction of sp³-hybridized carbons (Fsp3) is 0.0909. The molecule has 1 atom stereocenters. The van der Waals surface area contributed by atoms with Crippen LogP contribution in [0.4, 0.5) is 0 Å². The van der Waals surface area contributed by atoms with Crippen LogP contribution in [0.3, 0.4) is 0 Å². The molecular weight excluding hydrogens is 326 g/mol. The molecule has 0 saturated heterocycles. The summed E-state index contributed by atoms with van der Waals surface area (Å²) in [5.41, 5.74) is 1.77. The quantitative estimate of drug-likeness (QED) is 0.615. The molecule has 0 aliphatic heterocycles. The summed E-state index contributed by atoms with van der Waals surface area (Å²) in [5, 5.41) is 9.04. The number of ether oxygens (including phenoxy) is 2. The van der Waals surface area contributed by atoms with Gasteiger partial charge in [-0.15, -0.1) is 0 Å². The highest BCUT2D eigenvalue weighted by Crippen LogP contribution is 2.33. The molecular formula is C22H17NO3. The van der Waals surface area contributed by atoms with Crippen LogP contribution in [0.1, 0.15) is 27.6 Å². The molecule has 0 bridgehead atoms. The van der Waals surface area contributed by atoms with Gasteiger partial charge in [0.15, 0.2) is 17.6 Å². The zero-order valence-electron chi connectivity index (χ0n) is 14.3. The highest BCUT2D eigenvalue weighted by atomic mass is 16.5. The Labute approximate surface area is 152 Å². The molecule has 0 spiro atoms. The van der Waals surface area contributed by atoms with Gasteiger partial charge in [-0.1, -0.05) is 60.7 Å². The predicted octanol–water partition coefficient (Wildman–Crippen LogP) is 4.57. The van der Waals surface area contributed by atoms with Crippen LogP contribution >= 0.6 is 0 Å². The van der Waals surface area contributed by atoms with E-state index in [1.165, 1.54) is 7.11 Å². The first-order valence-electron chi connectivity index (χ1n) is 8.12. The fourth-order valence-electron chi connectivity index (χ4n) is 2.62. The monoisotopic (exact) mass is 343 g/mol. The van der Waals surface area contributed by atoms with E-state index in [-0.39, 0.29) is 5.78 Å². The van der Waals surface area contributed by atoms with Gasteiger partial charge in [0.1, 0.15) is 0 Å². The minimum atomic E-state index is -0.819. The van der Waals surface area contributed by atoms with E-state index in [0.717, 1.165) is 5.56 Å². The summed E-state index contributed by atoms with van der Waals surface area (Å²) in [6.45, 7) is 0. The smallest absolute Gasteiger partial charge is 0.207 e. The van der Waals surface area contributed by atoms with Gasteiger partial charge in [-0.25, -0.2) is 0 Å². The van der Waals surface area contributed by atoms with E-state index in [0.29, 0.717) is 22.6 Å². The van der Waals surface area contributed by atoms with Crippen molar-refractivity contribution in [1.82, 2.24) is 0 Å². The minimum Gasteiger partial charge on any atom is -0.493 e. The molecule has 4 heteroatoms. The van der Waals surface area contributed by atoms with E-state index in [2.05, 4.69) is 6.07 Å². The lowest BCUT2D eigenvalue weighted by Crippen LogP contribution is -2.19. The first kappa shape index (κ1) is 17.2. The maximum absolute atomic E-state index is 13.1. The number of benzene rings is 3. The zero-order valence-corrected chi connectivity index (χ0v) is 14.3. The lowest BCUT2D eigenvalue weighted by Gasteiger charge is -2.20. The van der Waals surface area contributed by atoms with Gasteiger partial charge in [-0.3, -0.25) is 4.79 Å². The Balaban J connectivity index is 2.00. The third-order valence-corrected chi connectivity index (χ3v) is 3.94. The van der Waals surface area contributed by atoms with Gasteiger partial charge < -0.3 is 9.47 Å². The van der Waals surface area contributed by atoms with E-state index in [4.69, 9.17) is 14.7 Å². The number of carbonyl (C=O) groups excluding carboxylic acids is 1. The van der Waals surface area contributed by atoms with Crippen molar-refractivity contribution in [2.24, 2.45) is 0 Å². The van der Waals surface area contributed by atoms with Gasteiger partial charge in [0.25, 0.3) is 0 Å². The summed E-state index contributed by atoms with van der Waals surface area (Å²) < 4.78 is 11.4. The van der Waals surface area contributed by atoms with Crippen molar-refractivity contribution < 1.29 is 14.3 Å². The number of Topliss-reactive ketones (excluding diaryl/α,β-unsaturated/α-hetero) is 1. The van der Waals surface area contributed by atoms with Crippen LogP contribution in [-0.2, 0) is 0 Å². The maximum atomic E-state index is 13.1. The molecule has 0 aliphatic carbocycles. The van der Waals surface area contributed by atoms with Crippen molar-refractivity contribution in [3.63, 3.8) is 0 Å². The van der Waals surface area contributed by atoms with Gasteiger partial charge >= 0.3 is 0 Å². The third kappa shape index (κ3) is 3.73. The SMILES string of the molecule is COc1cc(C#N)ccc1O[C@@H](C(=O)c1ccccc1)c1ccccc1. The Morgan fingerprint density at radius 3 is 2.19 bits per heavy atom. The summed E-state index contributed by atoms with van der Waals surface area (Å²) in [5.74, 6) is 0.665. The molecule has 3 rings (SSSR count). The van der Waals surface area contributed by atoms with Crippen LogP contribution in [0.15, 0.2) is 78.9 Å². The van der Waals surface area contributed by atoms with E-state index in [1.807, 2.05) is 48.5 Å². The first-order chi connectivity index (χ1) is 12.7. The number of rotatable bonds is 6. The molecule has 0 fully saturated rings. The second kappa shape index (κ2) is 8.00. The Hall–Kier alpha value is -3.58. The second-order valence-electron chi connectivity index (χ2n) is 5.62. The first-order valence-corrected chi connectivity index (χ1v) is 8.12. The number of nitrogens with zero attached hydrogens (tertiary/aromatic N) is 1. The average molecular weight is 343 g/mol. The minimum absolute atomic E-state index is 0.150. The van der Waals surface area contributed by atoms with E-state index in [9.17, 15) is 4.79 Å². The number of carbonyl (C=O) groups is 1. The van der Waals surface area contributed by atoms with Gasteiger partial charge in [0.05, 0.1) is 18.7 Å². The average Bonchev–Trinajstić information content (AvgIpc) is 2.72. The van der Waals surface area contributed by atoms with Crippen LogP contribution in [0.2, 0.25) is 0 Å². The van der Waals surface area contributed by atoms with Crippen LogP contribution in [0.25, 0.3) is 0 Å². The predicted molar refractivity (Wildman–Crippen MR) is 98.3 cm³/mol. The molecule has 0 amide bonds. The lowest BCUT2D eigenvalue weighted by molar-refractivity contribution is 0.0787. The molecule has 4 nitrogen and oxygen atoms in total. The van der Waals surface area contributed by atoms with Crippen LogP contribution in [0, 0.1) is 11.3 Å². The summed E-state index contributed by atoms with van der Waals surface area (Å²) >= 11 is 0. The third-order valence-electron chi connectivity index (χ3n) is 3.94. The highest BCUT2D eigenvalue weighted by Gasteiger charge is 2.25. The summed E-state index contributed by atoms with van der Waals surface area (Å²) in [4.78, 5) is 13.1.